The van der Waals surface area contributed by atoms with Crippen molar-refractivity contribution >= 4 is 35.0 Å². The van der Waals surface area contributed by atoms with Crippen LogP contribution in [0.2, 0.25) is 5.02 Å². The fourth-order valence-electron chi connectivity index (χ4n) is 1.13. The Kier molecular flexibility index (Phi) is 5.04. The van der Waals surface area contributed by atoms with Crippen LogP contribution in [-0.4, -0.2) is 0 Å². The van der Waals surface area contributed by atoms with Gasteiger partial charge in [0, 0.05) is 19.9 Å². The Morgan fingerprint density at radius 2 is 1.73 bits per heavy atom. The van der Waals surface area contributed by atoms with Crippen LogP contribution in [-0.2, 0) is 0 Å². The molecular formula is C12H14Cl2S. The van der Waals surface area contributed by atoms with Crippen LogP contribution in [0.25, 0.3) is 0 Å². The number of rotatable bonds is 3. The van der Waals surface area contributed by atoms with Crippen molar-refractivity contribution in [1.82, 2.24) is 0 Å². The molecule has 82 valence electrons. The van der Waals surface area contributed by atoms with Gasteiger partial charge in [-0.2, -0.15) is 0 Å². The highest BCUT2D eigenvalue weighted by atomic mass is 35.5. The number of hydrogen-bond donors (Lipinski definition) is 0. The highest BCUT2D eigenvalue weighted by molar-refractivity contribution is 8.03. The van der Waals surface area contributed by atoms with E-state index in [2.05, 4.69) is 13.8 Å². The third-order valence-electron chi connectivity index (χ3n) is 1.93. The second-order valence-corrected chi connectivity index (χ2v) is 5.75. The number of allylic oxidation sites excluding steroid dienone is 2. The van der Waals surface area contributed by atoms with Crippen LogP contribution >= 0.6 is 35.0 Å². The average Bonchev–Trinajstić information content (AvgIpc) is 2.20. The van der Waals surface area contributed by atoms with Gasteiger partial charge in [-0.1, -0.05) is 48.8 Å². The van der Waals surface area contributed by atoms with Crippen LogP contribution in [0.3, 0.4) is 0 Å². The zero-order valence-corrected chi connectivity index (χ0v) is 11.4. The lowest BCUT2D eigenvalue weighted by molar-refractivity contribution is 0.809. The van der Waals surface area contributed by atoms with E-state index in [0.717, 1.165) is 19.9 Å². The first-order valence-corrected chi connectivity index (χ1v) is 6.37. The lowest BCUT2D eigenvalue weighted by Gasteiger charge is -2.08. The molecule has 0 aliphatic carbocycles. The predicted octanol–water partition coefficient (Wildman–Crippen LogP) is 5.56. The summed E-state index contributed by atoms with van der Waals surface area (Å²) in [5.41, 5.74) is 0. The minimum atomic E-state index is 0.381. The summed E-state index contributed by atoms with van der Waals surface area (Å²) in [6.45, 7) is 6.23. The minimum absolute atomic E-state index is 0.381. The Balaban J connectivity index is 2.78. The molecule has 0 spiro atoms. The molecule has 0 bridgehead atoms. The van der Waals surface area contributed by atoms with E-state index in [4.69, 9.17) is 23.2 Å². The maximum atomic E-state index is 6.18. The van der Waals surface area contributed by atoms with Crippen LogP contribution in [0.15, 0.2) is 39.1 Å². The van der Waals surface area contributed by atoms with E-state index in [1.165, 1.54) is 0 Å². The van der Waals surface area contributed by atoms with Gasteiger partial charge in [0.25, 0.3) is 0 Å². The molecular weight excluding hydrogens is 247 g/mol. The van der Waals surface area contributed by atoms with E-state index in [1.807, 2.05) is 31.2 Å². The molecule has 0 saturated carbocycles. The maximum Gasteiger partial charge on any atom is 0.0406 e. The van der Waals surface area contributed by atoms with Crippen LogP contribution in [0.4, 0.5) is 0 Å². The zero-order chi connectivity index (χ0) is 11.4. The second-order valence-electron chi connectivity index (χ2n) is 3.61. The second kappa shape index (κ2) is 5.83. The molecule has 15 heavy (non-hydrogen) atoms. The Morgan fingerprint density at radius 1 is 1.20 bits per heavy atom. The summed E-state index contributed by atoms with van der Waals surface area (Å²) in [5.74, 6) is 0.381. The summed E-state index contributed by atoms with van der Waals surface area (Å²) in [5, 5.41) is 1.69. The summed E-state index contributed by atoms with van der Waals surface area (Å²) in [4.78, 5) is 2.31. The molecule has 0 amide bonds. The standard InChI is InChI=1S/C12H14Cl2S/c1-8(2)12(14)9(3)15-11-6-4-10(13)5-7-11/h4-8H,1-3H3/b12-9-. The van der Waals surface area contributed by atoms with Crippen molar-refractivity contribution in [2.75, 3.05) is 0 Å². The molecule has 0 heterocycles. The molecule has 1 aromatic carbocycles. The summed E-state index contributed by atoms with van der Waals surface area (Å²) >= 11 is 13.7. The fraction of sp³-hybridized carbons (Fsp3) is 0.333. The molecule has 0 N–H and O–H groups in total. The summed E-state index contributed by atoms with van der Waals surface area (Å²) in [7, 11) is 0. The maximum absolute atomic E-state index is 6.18. The van der Waals surface area contributed by atoms with Gasteiger partial charge in [-0.25, -0.2) is 0 Å². The number of thioether (sulfide) groups is 1. The summed E-state index contributed by atoms with van der Waals surface area (Å²) < 4.78 is 0. The molecule has 0 fully saturated rings. The molecule has 0 aromatic heterocycles. The van der Waals surface area contributed by atoms with Gasteiger partial charge in [-0.15, -0.1) is 0 Å². The third-order valence-corrected chi connectivity index (χ3v) is 4.05. The first-order valence-electron chi connectivity index (χ1n) is 4.80. The molecule has 0 unspecified atom stereocenters. The van der Waals surface area contributed by atoms with Crippen molar-refractivity contribution in [2.45, 2.75) is 25.7 Å². The molecule has 1 aromatic rings. The largest absolute Gasteiger partial charge is 0.0936 e. The van der Waals surface area contributed by atoms with E-state index in [1.54, 1.807) is 11.8 Å². The van der Waals surface area contributed by atoms with Gasteiger partial charge in [0.05, 0.1) is 0 Å². The molecule has 0 nitrogen and oxygen atoms in total. The highest BCUT2D eigenvalue weighted by Gasteiger charge is 2.05. The van der Waals surface area contributed by atoms with Crippen LogP contribution < -0.4 is 0 Å². The molecule has 0 aliphatic rings. The molecule has 3 heteroatoms. The van der Waals surface area contributed by atoms with Gasteiger partial charge in [0.2, 0.25) is 0 Å². The third kappa shape index (κ3) is 4.10. The van der Waals surface area contributed by atoms with Gasteiger partial charge >= 0.3 is 0 Å². The first-order chi connectivity index (χ1) is 7.00. The SMILES string of the molecule is C/C(Sc1ccc(Cl)cc1)=C(/Cl)C(C)C. The van der Waals surface area contributed by atoms with Gasteiger partial charge in [-0.3, -0.25) is 0 Å². The Morgan fingerprint density at radius 3 is 2.20 bits per heavy atom. The quantitative estimate of drug-likeness (QED) is 0.642. The van der Waals surface area contributed by atoms with Crippen molar-refractivity contribution in [1.29, 1.82) is 0 Å². The monoisotopic (exact) mass is 260 g/mol. The highest BCUT2D eigenvalue weighted by Crippen LogP contribution is 2.33. The molecule has 1 rings (SSSR count). The van der Waals surface area contributed by atoms with Crippen LogP contribution in [0, 0.1) is 5.92 Å². The summed E-state index contributed by atoms with van der Waals surface area (Å²) in [6, 6.07) is 7.78. The van der Waals surface area contributed by atoms with Crippen molar-refractivity contribution in [3.63, 3.8) is 0 Å². The zero-order valence-electron chi connectivity index (χ0n) is 9.05. The van der Waals surface area contributed by atoms with Crippen LogP contribution in [0.1, 0.15) is 20.8 Å². The summed E-state index contributed by atoms with van der Waals surface area (Å²) in [6.07, 6.45) is 0. The van der Waals surface area contributed by atoms with E-state index in [0.29, 0.717) is 5.92 Å². The van der Waals surface area contributed by atoms with Crippen LogP contribution in [0.5, 0.6) is 0 Å². The van der Waals surface area contributed by atoms with Gasteiger partial charge < -0.3 is 0 Å². The fourth-order valence-corrected chi connectivity index (χ4v) is 2.34. The van der Waals surface area contributed by atoms with Gasteiger partial charge in [0.15, 0.2) is 0 Å². The van der Waals surface area contributed by atoms with Gasteiger partial charge in [0.1, 0.15) is 0 Å². The number of benzene rings is 1. The lowest BCUT2D eigenvalue weighted by atomic mass is 10.2. The average molecular weight is 261 g/mol. The number of halogens is 2. The Bertz CT molecular complexity index is 352. The van der Waals surface area contributed by atoms with Crippen molar-refractivity contribution in [2.24, 2.45) is 5.92 Å². The van der Waals surface area contributed by atoms with Crippen molar-refractivity contribution < 1.29 is 0 Å². The molecule has 0 radical (unpaired) electrons. The Hall–Kier alpha value is -0.110. The lowest BCUT2D eigenvalue weighted by Crippen LogP contribution is -1.88. The first kappa shape index (κ1) is 13.0. The number of hydrogen-bond acceptors (Lipinski definition) is 1. The van der Waals surface area contributed by atoms with E-state index < -0.39 is 0 Å². The Labute approximate surface area is 106 Å². The molecule has 0 saturated heterocycles. The van der Waals surface area contributed by atoms with E-state index in [-0.39, 0.29) is 0 Å². The normalized spacial score (nSPS) is 12.9. The van der Waals surface area contributed by atoms with Gasteiger partial charge in [-0.05, 0) is 37.1 Å². The predicted molar refractivity (Wildman–Crippen MR) is 70.7 cm³/mol. The molecule has 0 aliphatic heterocycles. The van der Waals surface area contributed by atoms with Crippen molar-refractivity contribution in [3.05, 3.63) is 39.2 Å². The smallest absolute Gasteiger partial charge is 0.0406 e. The minimum Gasteiger partial charge on any atom is -0.0936 e. The van der Waals surface area contributed by atoms with E-state index >= 15 is 0 Å². The topological polar surface area (TPSA) is 0 Å². The van der Waals surface area contributed by atoms with Crippen molar-refractivity contribution in [3.8, 4) is 0 Å². The molecule has 0 atom stereocenters. The van der Waals surface area contributed by atoms with E-state index in [9.17, 15) is 0 Å².